The molecule has 0 saturated heterocycles. The molecule has 5 nitrogen and oxygen atoms in total. The zero-order valence-corrected chi connectivity index (χ0v) is 19.0. The summed E-state index contributed by atoms with van der Waals surface area (Å²) < 4.78 is 39.8. The molecule has 0 spiro atoms. The molecule has 3 aromatic rings. The monoisotopic (exact) mass is 437 g/mol. The molecule has 31 heavy (non-hydrogen) atoms. The van der Waals surface area contributed by atoms with Crippen molar-refractivity contribution in [2.45, 2.75) is 37.7 Å². The van der Waals surface area contributed by atoms with Crippen LogP contribution in [0.4, 0.5) is 0 Å². The zero-order valence-electron chi connectivity index (χ0n) is 18.2. The van der Waals surface area contributed by atoms with Crippen molar-refractivity contribution in [1.82, 2.24) is 0 Å². The third-order valence-electron chi connectivity index (χ3n) is 4.78. The van der Waals surface area contributed by atoms with Gasteiger partial charge in [0.05, 0.1) is 12.0 Å². The van der Waals surface area contributed by atoms with Crippen molar-refractivity contribution < 1.29 is 17.9 Å². The van der Waals surface area contributed by atoms with E-state index in [-0.39, 0.29) is 10.3 Å². The molecule has 0 N–H and O–H groups in total. The van der Waals surface area contributed by atoms with E-state index in [2.05, 4.69) is 49.4 Å². The van der Waals surface area contributed by atoms with E-state index < -0.39 is 10.0 Å². The van der Waals surface area contributed by atoms with E-state index in [9.17, 15) is 8.42 Å². The Bertz CT molecular complexity index is 1150. The van der Waals surface area contributed by atoms with Crippen LogP contribution in [0.3, 0.4) is 0 Å². The van der Waals surface area contributed by atoms with Crippen LogP contribution in [0.15, 0.2) is 82.1 Å². The predicted molar refractivity (Wildman–Crippen MR) is 124 cm³/mol. The van der Waals surface area contributed by atoms with Gasteiger partial charge in [-0.25, -0.2) is 0 Å². The van der Waals surface area contributed by atoms with Gasteiger partial charge in [0.15, 0.2) is 11.5 Å². The van der Waals surface area contributed by atoms with Crippen LogP contribution in [0.25, 0.3) is 0 Å². The summed E-state index contributed by atoms with van der Waals surface area (Å²) in [4.78, 5) is 0.149. The minimum Gasteiger partial charge on any atom is -0.493 e. The lowest BCUT2D eigenvalue weighted by Gasteiger charge is -2.19. The van der Waals surface area contributed by atoms with Crippen molar-refractivity contribution in [2.24, 2.45) is 4.40 Å². The van der Waals surface area contributed by atoms with Crippen molar-refractivity contribution in [3.63, 3.8) is 0 Å². The molecule has 0 fully saturated rings. The molecule has 0 unspecified atom stereocenters. The quantitative estimate of drug-likeness (QED) is 0.466. The molecule has 3 aromatic carbocycles. The fraction of sp³-hybridized carbons (Fsp3) is 0.240. The average Bonchev–Trinajstić information content (AvgIpc) is 2.77. The second kappa shape index (κ2) is 9.35. The summed E-state index contributed by atoms with van der Waals surface area (Å²) in [6.07, 6.45) is 1.31. The first kappa shape index (κ1) is 22.6. The summed E-state index contributed by atoms with van der Waals surface area (Å²) in [5, 5.41) is 0. The normalized spacial score (nSPS) is 12.1. The van der Waals surface area contributed by atoms with Gasteiger partial charge in [0, 0.05) is 6.21 Å². The average molecular weight is 438 g/mol. The van der Waals surface area contributed by atoms with Gasteiger partial charge in [-0.2, -0.15) is 12.8 Å². The Kier molecular flexibility index (Phi) is 6.81. The van der Waals surface area contributed by atoms with Crippen molar-refractivity contribution in [3.8, 4) is 11.5 Å². The summed E-state index contributed by atoms with van der Waals surface area (Å²) in [5.41, 5.74) is 3.02. The minimum absolute atomic E-state index is 0.105. The molecule has 162 valence electrons. The molecule has 0 heterocycles. The largest absolute Gasteiger partial charge is 0.493 e. The van der Waals surface area contributed by atoms with Crippen LogP contribution in [0.5, 0.6) is 11.5 Å². The standard InChI is InChI=1S/C25H27NO4S/c1-25(2,3)21-13-10-19(11-14-21)18-30-23-15-12-20(16-24(23)29-4)17-26-31(27,28)22-8-6-5-7-9-22/h5-17H,18H2,1-4H3/b26-17-. The summed E-state index contributed by atoms with van der Waals surface area (Å²) in [6, 6.07) is 21.6. The van der Waals surface area contributed by atoms with Gasteiger partial charge >= 0.3 is 0 Å². The summed E-state index contributed by atoms with van der Waals surface area (Å²) in [5.74, 6) is 1.08. The maximum atomic E-state index is 12.3. The Balaban J connectivity index is 1.71. The highest BCUT2D eigenvalue weighted by Crippen LogP contribution is 2.29. The smallest absolute Gasteiger partial charge is 0.282 e. The first-order valence-corrected chi connectivity index (χ1v) is 11.4. The van der Waals surface area contributed by atoms with Crippen molar-refractivity contribution in [3.05, 3.63) is 89.5 Å². The van der Waals surface area contributed by atoms with Crippen LogP contribution in [-0.4, -0.2) is 21.7 Å². The lowest BCUT2D eigenvalue weighted by molar-refractivity contribution is 0.284. The van der Waals surface area contributed by atoms with E-state index in [1.54, 1.807) is 43.5 Å². The molecular formula is C25H27NO4S. The van der Waals surface area contributed by atoms with Gasteiger partial charge in [0.1, 0.15) is 6.61 Å². The number of hydrogen-bond acceptors (Lipinski definition) is 4. The molecule has 3 rings (SSSR count). The fourth-order valence-corrected chi connectivity index (χ4v) is 3.81. The van der Waals surface area contributed by atoms with Gasteiger partial charge in [-0.15, -0.1) is 0 Å². The first-order valence-electron chi connectivity index (χ1n) is 9.95. The van der Waals surface area contributed by atoms with Crippen LogP contribution in [0, 0.1) is 0 Å². The number of methoxy groups -OCH3 is 1. The Labute approximate surface area is 184 Å². The Morgan fingerprint density at radius 1 is 0.903 bits per heavy atom. The number of hydrogen-bond donors (Lipinski definition) is 0. The van der Waals surface area contributed by atoms with Crippen molar-refractivity contribution in [2.75, 3.05) is 7.11 Å². The molecule has 0 radical (unpaired) electrons. The Morgan fingerprint density at radius 2 is 1.58 bits per heavy atom. The van der Waals surface area contributed by atoms with Crippen molar-refractivity contribution >= 4 is 16.2 Å². The van der Waals surface area contributed by atoms with Gasteiger partial charge in [0.25, 0.3) is 10.0 Å². The second-order valence-electron chi connectivity index (χ2n) is 8.17. The third kappa shape index (κ3) is 5.95. The maximum absolute atomic E-state index is 12.3. The van der Waals surface area contributed by atoms with Gasteiger partial charge in [0.2, 0.25) is 0 Å². The van der Waals surface area contributed by atoms with Crippen molar-refractivity contribution in [1.29, 1.82) is 0 Å². The Morgan fingerprint density at radius 3 is 2.19 bits per heavy atom. The number of ether oxygens (including phenoxy) is 2. The summed E-state index contributed by atoms with van der Waals surface area (Å²) in [7, 11) is -2.21. The van der Waals surface area contributed by atoms with Gasteiger partial charge < -0.3 is 9.47 Å². The van der Waals surface area contributed by atoms with Crippen LogP contribution >= 0.6 is 0 Å². The molecule has 0 aromatic heterocycles. The van der Waals surface area contributed by atoms with E-state index in [0.29, 0.717) is 23.7 Å². The topological polar surface area (TPSA) is 65.0 Å². The van der Waals surface area contributed by atoms with Crippen LogP contribution in [0.2, 0.25) is 0 Å². The number of benzene rings is 3. The molecule has 6 heteroatoms. The van der Waals surface area contributed by atoms with Crippen LogP contribution in [0.1, 0.15) is 37.5 Å². The molecule has 0 aliphatic heterocycles. The number of rotatable bonds is 7. The minimum atomic E-state index is -3.75. The van der Waals surface area contributed by atoms with Gasteiger partial charge in [-0.3, -0.25) is 0 Å². The highest BCUT2D eigenvalue weighted by atomic mass is 32.2. The lowest BCUT2D eigenvalue weighted by Crippen LogP contribution is -2.10. The molecule has 0 amide bonds. The molecular weight excluding hydrogens is 410 g/mol. The van der Waals surface area contributed by atoms with E-state index in [1.807, 2.05) is 0 Å². The third-order valence-corrected chi connectivity index (χ3v) is 6.03. The molecule has 0 atom stereocenters. The zero-order chi connectivity index (χ0) is 22.5. The SMILES string of the molecule is COc1cc(/C=N\S(=O)(=O)c2ccccc2)ccc1OCc1ccc(C(C)(C)C)cc1. The van der Waals surface area contributed by atoms with E-state index in [1.165, 1.54) is 23.9 Å². The van der Waals surface area contributed by atoms with Gasteiger partial charge in [-0.05, 0) is 52.4 Å². The van der Waals surface area contributed by atoms with E-state index >= 15 is 0 Å². The highest BCUT2D eigenvalue weighted by molar-refractivity contribution is 7.90. The first-order chi connectivity index (χ1) is 14.7. The molecule has 0 aliphatic rings. The molecule has 0 aliphatic carbocycles. The maximum Gasteiger partial charge on any atom is 0.282 e. The van der Waals surface area contributed by atoms with E-state index in [0.717, 1.165) is 5.56 Å². The predicted octanol–water partition coefficient (Wildman–Crippen LogP) is 5.38. The fourth-order valence-electron chi connectivity index (χ4n) is 2.93. The molecule has 0 saturated carbocycles. The summed E-state index contributed by atoms with van der Waals surface area (Å²) >= 11 is 0. The highest BCUT2D eigenvalue weighted by Gasteiger charge is 2.13. The Hall–Kier alpha value is -3.12. The number of sulfonamides is 1. The molecule has 0 bridgehead atoms. The van der Waals surface area contributed by atoms with Crippen LogP contribution < -0.4 is 9.47 Å². The second-order valence-corrected chi connectivity index (χ2v) is 9.80. The van der Waals surface area contributed by atoms with Crippen LogP contribution in [-0.2, 0) is 22.0 Å². The number of nitrogens with zero attached hydrogens (tertiary/aromatic N) is 1. The van der Waals surface area contributed by atoms with Gasteiger partial charge in [-0.1, -0.05) is 63.2 Å². The van der Waals surface area contributed by atoms with E-state index in [4.69, 9.17) is 9.47 Å². The summed E-state index contributed by atoms with van der Waals surface area (Å²) in [6.45, 7) is 6.94. The lowest BCUT2D eigenvalue weighted by atomic mass is 9.87.